The van der Waals surface area contributed by atoms with Gasteiger partial charge in [0.05, 0.1) is 0 Å². The summed E-state index contributed by atoms with van der Waals surface area (Å²) in [6, 6.07) is 12.0. The van der Waals surface area contributed by atoms with Crippen molar-refractivity contribution in [2.24, 2.45) is 0 Å². The molecule has 13 heavy (non-hydrogen) atoms. The third-order valence-electron chi connectivity index (χ3n) is 2.11. The molecule has 0 fully saturated rings. The van der Waals surface area contributed by atoms with Gasteiger partial charge in [0.25, 0.3) is 0 Å². The molecule has 0 nitrogen and oxygen atoms in total. The normalized spacial score (nSPS) is 10.2. The Morgan fingerprint density at radius 1 is 1.08 bits per heavy atom. The zero-order valence-corrected chi connectivity index (χ0v) is 7.88. The van der Waals surface area contributed by atoms with Crippen molar-refractivity contribution in [3.63, 3.8) is 0 Å². The predicted octanol–water partition coefficient (Wildman–Crippen LogP) is 4.14. The molecule has 0 saturated heterocycles. The topological polar surface area (TPSA) is 0 Å². The SMILES string of the molecule is C=Cc1cccc2cccc(Cl)c12. The average molecular weight is 189 g/mol. The van der Waals surface area contributed by atoms with Crippen LogP contribution in [0.1, 0.15) is 5.56 Å². The van der Waals surface area contributed by atoms with Crippen molar-refractivity contribution in [3.8, 4) is 0 Å². The molecule has 0 radical (unpaired) electrons. The predicted molar refractivity (Wildman–Crippen MR) is 59.0 cm³/mol. The molecule has 1 heteroatoms. The minimum Gasteiger partial charge on any atom is -0.0984 e. The third-order valence-corrected chi connectivity index (χ3v) is 2.42. The molecule has 2 rings (SSSR count). The molecule has 0 unspecified atom stereocenters. The van der Waals surface area contributed by atoms with Crippen molar-refractivity contribution < 1.29 is 0 Å². The van der Waals surface area contributed by atoms with Crippen LogP contribution in [0.4, 0.5) is 0 Å². The number of benzene rings is 2. The van der Waals surface area contributed by atoms with E-state index in [1.807, 2.05) is 42.5 Å². The van der Waals surface area contributed by atoms with Gasteiger partial charge in [-0.1, -0.05) is 54.6 Å². The highest BCUT2D eigenvalue weighted by Crippen LogP contribution is 2.27. The number of rotatable bonds is 1. The van der Waals surface area contributed by atoms with Crippen molar-refractivity contribution in [1.29, 1.82) is 0 Å². The van der Waals surface area contributed by atoms with Gasteiger partial charge in [0, 0.05) is 10.4 Å². The summed E-state index contributed by atoms with van der Waals surface area (Å²) in [7, 11) is 0. The standard InChI is InChI=1S/C12H9Cl/c1-2-9-5-3-6-10-7-4-8-11(13)12(9)10/h2-8H,1H2. The molecule has 0 spiro atoms. The zero-order valence-electron chi connectivity index (χ0n) is 7.13. The average Bonchev–Trinajstić information content (AvgIpc) is 2.17. The second-order valence-corrected chi connectivity index (χ2v) is 3.30. The van der Waals surface area contributed by atoms with E-state index in [1.54, 1.807) is 0 Å². The van der Waals surface area contributed by atoms with E-state index in [0.29, 0.717) is 0 Å². The number of halogens is 1. The van der Waals surface area contributed by atoms with E-state index < -0.39 is 0 Å². The molecule has 0 atom stereocenters. The van der Waals surface area contributed by atoms with Crippen molar-refractivity contribution in [1.82, 2.24) is 0 Å². The van der Waals surface area contributed by atoms with Gasteiger partial charge in [-0.3, -0.25) is 0 Å². The Bertz CT molecular complexity index is 452. The summed E-state index contributed by atoms with van der Waals surface area (Å²) in [5, 5.41) is 3.03. The van der Waals surface area contributed by atoms with Crippen LogP contribution in [-0.2, 0) is 0 Å². The molecule has 2 aromatic carbocycles. The van der Waals surface area contributed by atoms with E-state index in [2.05, 4.69) is 6.58 Å². The van der Waals surface area contributed by atoms with Gasteiger partial charge in [0.2, 0.25) is 0 Å². The first-order valence-corrected chi connectivity index (χ1v) is 4.50. The lowest BCUT2D eigenvalue weighted by molar-refractivity contribution is 1.71. The molecular formula is C12H9Cl. The van der Waals surface area contributed by atoms with Crippen LogP contribution in [0.2, 0.25) is 5.02 Å². The van der Waals surface area contributed by atoms with E-state index in [4.69, 9.17) is 11.6 Å². The van der Waals surface area contributed by atoms with Gasteiger partial charge in [-0.15, -0.1) is 0 Å². The minimum atomic E-state index is 0.785. The lowest BCUT2D eigenvalue weighted by Gasteiger charge is -2.03. The molecule has 0 aliphatic heterocycles. The minimum absolute atomic E-state index is 0.785. The van der Waals surface area contributed by atoms with E-state index in [0.717, 1.165) is 21.4 Å². The number of hydrogen-bond acceptors (Lipinski definition) is 0. The fourth-order valence-electron chi connectivity index (χ4n) is 1.49. The van der Waals surface area contributed by atoms with Gasteiger partial charge in [0.1, 0.15) is 0 Å². The molecule has 0 aliphatic carbocycles. The highest BCUT2D eigenvalue weighted by atomic mass is 35.5. The fourth-order valence-corrected chi connectivity index (χ4v) is 1.78. The molecule has 0 saturated carbocycles. The summed E-state index contributed by atoms with van der Waals surface area (Å²) in [6.45, 7) is 3.76. The Balaban J connectivity index is 2.94. The summed E-state index contributed by atoms with van der Waals surface area (Å²) >= 11 is 6.09. The van der Waals surface area contributed by atoms with Crippen molar-refractivity contribution >= 4 is 28.4 Å². The molecular weight excluding hydrogens is 180 g/mol. The number of fused-ring (bicyclic) bond motifs is 1. The largest absolute Gasteiger partial charge is 0.0984 e. The molecule has 0 aromatic heterocycles. The van der Waals surface area contributed by atoms with Gasteiger partial charge in [-0.25, -0.2) is 0 Å². The Hall–Kier alpha value is -1.27. The van der Waals surface area contributed by atoms with Gasteiger partial charge < -0.3 is 0 Å². The molecule has 64 valence electrons. The van der Waals surface area contributed by atoms with Crippen LogP contribution >= 0.6 is 11.6 Å². The molecule has 0 amide bonds. The highest BCUT2D eigenvalue weighted by Gasteiger charge is 2.00. The van der Waals surface area contributed by atoms with E-state index in [9.17, 15) is 0 Å². The van der Waals surface area contributed by atoms with Crippen molar-refractivity contribution in [2.45, 2.75) is 0 Å². The summed E-state index contributed by atoms with van der Waals surface area (Å²) in [5.41, 5.74) is 1.09. The highest BCUT2D eigenvalue weighted by molar-refractivity contribution is 6.36. The van der Waals surface area contributed by atoms with Crippen LogP contribution in [0.5, 0.6) is 0 Å². The Kier molecular flexibility index (Phi) is 2.07. The monoisotopic (exact) mass is 188 g/mol. The van der Waals surface area contributed by atoms with E-state index in [-0.39, 0.29) is 0 Å². The maximum absolute atomic E-state index is 6.09. The van der Waals surface area contributed by atoms with Crippen molar-refractivity contribution in [3.05, 3.63) is 53.6 Å². The van der Waals surface area contributed by atoms with Crippen LogP contribution in [0.3, 0.4) is 0 Å². The van der Waals surface area contributed by atoms with Gasteiger partial charge >= 0.3 is 0 Å². The Morgan fingerprint density at radius 3 is 2.46 bits per heavy atom. The van der Waals surface area contributed by atoms with Gasteiger partial charge in [0.15, 0.2) is 0 Å². The van der Waals surface area contributed by atoms with Gasteiger partial charge in [-0.05, 0) is 17.0 Å². The zero-order chi connectivity index (χ0) is 9.26. The first kappa shape index (κ1) is 8.33. The maximum Gasteiger partial charge on any atom is 0.0490 e. The molecule has 0 aliphatic rings. The first-order chi connectivity index (χ1) is 6.33. The van der Waals surface area contributed by atoms with Crippen LogP contribution in [-0.4, -0.2) is 0 Å². The van der Waals surface area contributed by atoms with Crippen LogP contribution in [0, 0.1) is 0 Å². The lowest BCUT2D eigenvalue weighted by atomic mass is 10.0. The smallest absolute Gasteiger partial charge is 0.0490 e. The second kappa shape index (κ2) is 3.23. The molecule has 0 N–H and O–H groups in total. The fraction of sp³-hybridized carbons (Fsp3) is 0. The molecule has 0 heterocycles. The Labute approximate surface area is 82.5 Å². The maximum atomic E-state index is 6.09. The second-order valence-electron chi connectivity index (χ2n) is 2.89. The van der Waals surface area contributed by atoms with E-state index in [1.165, 1.54) is 0 Å². The van der Waals surface area contributed by atoms with Crippen LogP contribution < -0.4 is 0 Å². The quantitative estimate of drug-likeness (QED) is 0.631. The van der Waals surface area contributed by atoms with E-state index >= 15 is 0 Å². The Morgan fingerprint density at radius 2 is 1.77 bits per heavy atom. The summed E-state index contributed by atoms with van der Waals surface area (Å²) in [6.07, 6.45) is 1.83. The summed E-state index contributed by atoms with van der Waals surface area (Å²) < 4.78 is 0. The van der Waals surface area contributed by atoms with Crippen LogP contribution in [0.15, 0.2) is 43.0 Å². The first-order valence-electron chi connectivity index (χ1n) is 4.12. The third kappa shape index (κ3) is 1.34. The van der Waals surface area contributed by atoms with Crippen LogP contribution in [0.25, 0.3) is 16.8 Å². The van der Waals surface area contributed by atoms with Gasteiger partial charge in [-0.2, -0.15) is 0 Å². The lowest BCUT2D eigenvalue weighted by Crippen LogP contribution is -1.78. The number of hydrogen-bond donors (Lipinski definition) is 0. The molecule has 0 bridgehead atoms. The summed E-state index contributed by atoms with van der Waals surface area (Å²) in [5.74, 6) is 0. The molecule has 2 aromatic rings. The van der Waals surface area contributed by atoms with Crippen molar-refractivity contribution in [2.75, 3.05) is 0 Å². The summed E-state index contributed by atoms with van der Waals surface area (Å²) in [4.78, 5) is 0.